The number of allylic oxidation sites excluding steroid dienone is 6. The first-order valence-electron chi connectivity index (χ1n) is 9.12. The molecular weight excluding hydrogens is 300 g/mol. The molecule has 24 heavy (non-hydrogen) atoms. The number of aliphatic carboxylic acids is 1. The highest BCUT2D eigenvalue weighted by Crippen LogP contribution is 2.10. The number of rotatable bonds is 16. The van der Waals surface area contributed by atoms with Crippen molar-refractivity contribution in [3.8, 4) is 0 Å². The summed E-state index contributed by atoms with van der Waals surface area (Å²) in [5, 5.41) is 9.03. The van der Waals surface area contributed by atoms with Gasteiger partial charge in [0, 0.05) is 0 Å². The van der Waals surface area contributed by atoms with E-state index < -0.39 is 12.1 Å². The van der Waals surface area contributed by atoms with Crippen molar-refractivity contribution in [1.82, 2.24) is 0 Å². The minimum atomic E-state index is -0.877. The average molecular weight is 335 g/mol. The summed E-state index contributed by atoms with van der Waals surface area (Å²) in [4.78, 5) is 11.0. The molecule has 0 amide bonds. The van der Waals surface area contributed by atoms with E-state index in [4.69, 9.17) is 9.84 Å². The summed E-state index contributed by atoms with van der Waals surface area (Å²) in [5.41, 5.74) is 0. The number of hydrogen-bond acceptors (Lipinski definition) is 2. The van der Waals surface area contributed by atoms with E-state index in [-0.39, 0.29) is 0 Å². The Morgan fingerprint density at radius 3 is 2.25 bits per heavy atom. The molecule has 0 saturated heterocycles. The molecule has 0 aliphatic rings. The van der Waals surface area contributed by atoms with E-state index in [2.05, 4.69) is 50.0 Å². The van der Waals surface area contributed by atoms with Crippen LogP contribution in [0.2, 0.25) is 0 Å². The standard InChI is InChI=1S/C21H34O3/c1-3-5-6-7-8-9-10-11-12-13-14-15-16-17-18-20(21(22)23)24-19-4-2/h4-6,8-9,11-12,20H,2-3,7,10,13-19H2,1H3,(H,22,23)/b6-5-,9-8-,12-11-. The summed E-state index contributed by atoms with van der Waals surface area (Å²) < 4.78 is 5.23. The highest BCUT2D eigenvalue weighted by molar-refractivity contribution is 5.72. The van der Waals surface area contributed by atoms with E-state index >= 15 is 0 Å². The van der Waals surface area contributed by atoms with E-state index in [9.17, 15) is 4.79 Å². The van der Waals surface area contributed by atoms with Gasteiger partial charge in [0.05, 0.1) is 6.61 Å². The molecule has 1 N–H and O–H groups in total. The number of ether oxygens (including phenoxy) is 1. The number of carboxylic acids is 1. The number of hydrogen-bond donors (Lipinski definition) is 1. The van der Waals surface area contributed by atoms with Crippen molar-refractivity contribution in [3.05, 3.63) is 49.1 Å². The second-order valence-electron chi connectivity index (χ2n) is 5.73. The normalized spacial score (nSPS) is 13.2. The molecule has 3 heteroatoms. The van der Waals surface area contributed by atoms with Crippen LogP contribution in [0.15, 0.2) is 49.1 Å². The maximum absolute atomic E-state index is 11.0. The third-order valence-electron chi connectivity index (χ3n) is 3.56. The summed E-state index contributed by atoms with van der Waals surface area (Å²) in [7, 11) is 0. The minimum absolute atomic E-state index is 0.297. The first-order chi connectivity index (χ1) is 11.7. The fourth-order valence-corrected chi connectivity index (χ4v) is 2.23. The molecule has 0 aromatic rings. The summed E-state index contributed by atoms with van der Waals surface area (Å²) in [6.07, 6.45) is 23.2. The molecule has 0 radical (unpaired) electrons. The lowest BCUT2D eigenvalue weighted by Gasteiger charge is -2.11. The van der Waals surface area contributed by atoms with Crippen molar-refractivity contribution in [2.24, 2.45) is 0 Å². The Balaban J connectivity index is 3.52. The Kier molecular flexibility index (Phi) is 16.5. The van der Waals surface area contributed by atoms with Crippen LogP contribution in [0.5, 0.6) is 0 Å². The molecule has 0 bridgehead atoms. The van der Waals surface area contributed by atoms with Crippen molar-refractivity contribution in [3.63, 3.8) is 0 Å². The molecule has 0 saturated carbocycles. The molecule has 0 rings (SSSR count). The number of carboxylic acid groups (broad SMARTS) is 1. The summed E-state index contributed by atoms with van der Waals surface area (Å²) >= 11 is 0. The summed E-state index contributed by atoms with van der Waals surface area (Å²) in [6, 6.07) is 0. The van der Waals surface area contributed by atoms with Crippen molar-refractivity contribution in [2.45, 2.75) is 70.8 Å². The van der Waals surface area contributed by atoms with Crippen LogP contribution in [-0.4, -0.2) is 23.8 Å². The Morgan fingerprint density at radius 1 is 1.00 bits per heavy atom. The van der Waals surface area contributed by atoms with Crippen molar-refractivity contribution >= 4 is 5.97 Å². The second-order valence-corrected chi connectivity index (χ2v) is 5.73. The quantitative estimate of drug-likeness (QED) is 0.285. The van der Waals surface area contributed by atoms with Gasteiger partial charge in [-0.3, -0.25) is 0 Å². The van der Waals surface area contributed by atoms with Crippen LogP contribution < -0.4 is 0 Å². The lowest BCUT2D eigenvalue weighted by molar-refractivity contribution is -0.150. The van der Waals surface area contributed by atoms with Crippen LogP contribution in [0.1, 0.15) is 64.7 Å². The van der Waals surface area contributed by atoms with Gasteiger partial charge in [0.25, 0.3) is 0 Å². The van der Waals surface area contributed by atoms with E-state index in [0.717, 1.165) is 51.4 Å². The summed E-state index contributed by atoms with van der Waals surface area (Å²) in [6.45, 7) is 5.97. The molecule has 3 nitrogen and oxygen atoms in total. The predicted octanol–water partition coefficient (Wildman–Crippen LogP) is 5.84. The topological polar surface area (TPSA) is 46.5 Å². The molecule has 1 unspecified atom stereocenters. The highest BCUT2D eigenvalue weighted by atomic mass is 16.5. The third kappa shape index (κ3) is 15.3. The fraction of sp³-hybridized carbons (Fsp3) is 0.571. The van der Waals surface area contributed by atoms with E-state index in [1.807, 2.05) is 0 Å². The van der Waals surface area contributed by atoms with Gasteiger partial charge in [0.15, 0.2) is 6.10 Å². The second kappa shape index (κ2) is 17.7. The Morgan fingerprint density at radius 2 is 1.62 bits per heavy atom. The highest BCUT2D eigenvalue weighted by Gasteiger charge is 2.16. The molecule has 0 aromatic heterocycles. The third-order valence-corrected chi connectivity index (χ3v) is 3.56. The molecule has 1 atom stereocenters. The van der Waals surface area contributed by atoms with Crippen LogP contribution in [0.25, 0.3) is 0 Å². The first kappa shape index (κ1) is 22.4. The summed E-state index contributed by atoms with van der Waals surface area (Å²) in [5.74, 6) is -0.877. The van der Waals surface area contributed by atoms with Gasteiger partial charge in [0.1, 0.15) is 0 Å². The Bertz CT molecular complexity index is 394. The molecule has 0 aliphatic carbocycles. The fourth-order valence-electron chi connectivity index (χ4n) is 2.23. The largest absolute Gasteiger partial charge is 0.479 e. The monoisotopic (exact) mass is 334 g/mol. The van der Waals surface area contributed by atoms with E-state index in [0.29, 0.717) is 13.0 Å². The van der Waals surface area contributed by atoms with E-state index in [1.165, 1.54) is 0 Å². The maximum atomic E-state index is 11.0. The molecule has 136 valence electrons. The average Bonchev–Trinajstić information content (AvgIpc) is 2.57. The van der Waals surface area contributed by atoms with Gasteiger partial charge < -0.3 is 9.84 Å². The maximum Gasteiger partial charge on any atom is 0.332 e. The van der Waals surface area contributed by atoms with Gasteiger partial charge in [0.2, 0.25) is 0 Å². The van der Waals surface area contributed by atoms with Gasteiger partial charge in [-0.25, -0.2) is 4.79 Å². The van der Waals surface area contributed by atoms with E-state index in [1.54, 1.807) is 6.08 Å². The van der Waals surface area contributed by atoms with Gasteiger partial charge >= 0.3 is 5.97 Å². The zero-order chi connectivity index (χ0) is 17.9. The van der Waals surface area contributed by atoms with Crippen molar-refractivity contribution in [1.29, 1.82) is 0 Å². The minimum Gasteiger partial charge on any atom is -0.479 e. The smallest absolute Gasteiger partial charge is 0.332 e. The van der Waals surface area contributed by atoms with Crippen molar-refractivity contribution < 1.29 is 14.6 Å². The van der Waals surface area contributed by atoms with Gasteiger partial charge in [-0.2, -0.15) is 0 Å². The van der Waals surface area contributed by atoms with Gasteiger partial charge in [-0.15, -0.1) is 6.58 Å². The Labute approximate surface area is 147 Å². The van der Waals surface area contributed by atoms with Crippen LogP contribution in [0, 0.1) is 0 Å². The van der Waals surface area contributed by atoms with Crippen LogP contribution in [-0.2, 0) is 9.53 Å². The molecule has 0 heterocycles. The van der Waals surface area contributed by atoms with Gasteiger partial charge in [-0.1, -0.05) is 68.7 Å². The lowest BCUT2D eigenvalue weighted by atomic mass is 10.1. The zero-order valence-electron chi connectivity index (χ0n) is 15.2. The van der Waals surface area contributed by atoms with Crippen LogP contribution in [0.3, 0.4) is 0 Å². The molecule has 0 aliphatic heterocycles. The number of unbranched alkanes of at least 4 members (excludes halogenated alkanes) is 4. The molecule has 0 spiro atoms. The van der Waals surface area contributed by atoms with Crippen molar-refractivity contribution in [2.75, 3.05) is 6.61 Å². The molecule has 0 fully saturated rings. The molecular formula is C21H34O3. The lowest BCUT2D eigenvalue weighted by Crippen LogP contribution is -2.23. The predicted molar refractivity (Wildman–Crippen MR) is 102 cm³/mol. The van der Waals surface area contributed by atoms with Crippen LogP contribution in [0.4, 0.5) is 0 Å². The number of carbonyl (C=O) groups is 1. The molecule has 0 aromatic carbocycles. The SMILES string of the molecule is C=CCOC(CCCCCC/C=C\C/C=C\C/C=C\CC)C(=O)O. The van der Waals surface area contributed by atoms with Gasteiger partial charge in [-0.05, 0) is 38.5 Å². The zero-order valence-corrected chi connectivity index (χ0v) is 15.2. The van der Waals surface area contributed by atoms with Crippen LogP contribution >= 0.6 is 0 Å². The Hall–Kier alpha value is -1.61. The first-order valence-corrected chi connectivity index (χ1v) is 9.12.